The Bertz CT molecular complexity index is 742. The molecule has 0 aliphatic carbocycles. The highest BCUT2D eigenvalue weighted by molar-refractivity contribution is 7.15. The number of piperazine rings is 1. The van der Waals surface area contributed by atoms with E-state index in [9.17, 15) is 0 Å². The molecule has 22 heavy (non-hydrogen) atoms. The minimum atomic E-state index is 0.639. The van der Waals surface area contributed by atoms with Crippen molar-refractivity contribution in [1.29, 1.82) is 0 Å². The van der Waals surface area contributed by atoms with E-state index in [1.54, 1.807) is 11.3 Å². The van der Waals surface area contributed by atoms with E-state index in [0.29, 0.717) is 5.13 Å². The number of benzene rings is 1. The van der Waals surface area contributed by atoms with Gasteiger partial charge in [-0.15, -0.1) is 11.3 Å². The standard InChI is InChI=1S/C15H17N5OS/c16-14-17-9-11(22-14)10-19-5-7-20(8-6-19)15-18-12-3-1-2-4-13(12)21-15/h1-4,9H,5-8,10H2,(H2,16,17). The number of rotatable bonds is 3. The largest absolute Gasteiger partial charge is 0.423 e. The normalized spacial score (nSPS) is 16.5. The van der Waals surface area contributed by atoms with Crippen LogP contribution in [0.15, 0.2) is 34.9 Å². The Morgan fingerprint density at radius 2 is 2.00 bits per heavy atom. The summed E-state index contributed by atoms with van der Waals surface area (Å²) in [4.78, 5) is 14.5. The molecule has 2 N–H and O–H groups in total. The molecule has 2 aromatic heterocycles. The summed E-state index contributed by atoms with van der Waals surface area (Å²) < 4.78 is 5.84. The molecule has 0 spiro atoms. The fraction of sp³-hybridized carbons (Fsp3) is 0.333. The number of nitrogens with two attached hydrogens (primary N) is 1. The Morgan fingerprint density at radius 1 is 1.18 bits per heavy atom. The van der Waals surface area contributed by atoms with Crippen molar-refractivity contribution in [3.63, 3.8) is 0 Å². The highest BCUT2D eigenvalue weighted by Gasteiger charge is 2.21. The first-order chi connectivity index (χ1) is 10.8. The summed E-state index contributed by atoms with van der Waals surface area (Å²) in [5.74, 6) is 0. The van der Waals surface area contributed by atoms with E-state index in [-0.39, 0.29) is 0 Å². The number of nitrogens with zero attached hydrogens (tertiary/aromatic N) is 4. The lowest BCUT2D eigenvalue weighted by Crippen LogP contribution is -2.46. The molecule has 0 radical (unpaired) electrons. The lowest BCUT2D eigenvalue weighted by molar-refractivity contribution is 0.247. The van der Waals surface area contributed by atoms with E-state index in [4.69, 9.17) is 10.2 Å². The molecular formula is C15H17N5OS. The summed E-state index contributed by atoms with van der Waals surface area (Å²) in [5, 5.41) is 0.639. The van der Waals surface area contributed by atoms with Crippen molar-refractivity contribution in [2.75, 3.05) is 36.8 Å². The minimum absolute atomic E-state index is 0.639. The first kappa shape index (κ1) is 13.5. The maximum Gasteiger partial charge on any atom is 0.298 e. The summed E-state index contributed by atoms with van der Waals surface area (Å²) in [7, 11) is 0. The van der Waals surface area contributed by atoms with E-state index in [1.807, 2.05) is 30.5 Å². The number of para-hydroxylation sites is 2. The van der Waals surface area contributed by atoms with Crippen LogP contribution in [0.5, 0.6) is 0 Å². The van der Waals surface area contributed by atoms with Gasteiger partial charge in [-0.3, -0.25) is 4.90 Å². The fourth-order valence-electron chi connectivity index (χ4n) is 2.71. The second kappa shape index (κ2) is 5.58. The predicted molar refractivity (Wildman–Crippen MR) is 88.0 cm³/mol. The van der Waals surface area contributed by atoms with Crippen LogP contribution in [0.3, 0.4) is 0 Å². The van der Waals surface area contributed by atoms with Gasteiger partial charge in [0.1, 0.15) is 5.52 Å². The van der Waals surface area contributed by atoms with Crippen LogP contribution in [0.2, 0.25) is 0 Å². The minimum Gasteiger partial charge on any atom is -0.423 e. The van der Waals surface area contributed by atoms with Gasteiger partial charge >= 0.3 is 0 Å². The number of hydrogen-bond donors (Lipinski definition) is 1. The Kier molecular flexibility index (Phi) is 3.44. The number of nitrogen functional groups attached to an aromatic ring is 1. The Hall–Kier alpha value is -2.12. The van der Waals surface area contributed by atoms with Gasteiger partial charge in [-0.05, 0) is 12.1 Å². The molecule has 3 heterocycles. The van der Waals surface area contributed by atoms with Crippen LogP contribution in [-0.2, 0) is 6.54 Å². The molecule has 7 heteroatoms. The van der Waals surface area contributed by atoms with Gasteiger partial charge < -0.3 is 15.1 Å². The van der Waals surface area contributed by atoms with E-state index in [1.165, 1.54) is 4.88 Å². The smallest absolute Gasteiger partial charge is 0.298 e. The van der Waals surface area contributed by atoms with E-state index in [0.717, 1.165) is 49.8 Å². The van der Waals surface area contributed by atoms with Crippen LogP contribution in [0.25, 0.3) is 11.1 Å². The number of fused-ring (bicyclic) bond motifs is 1. The molecule has 1 aliphatic heterocycles. The third kappa shape index (κ3) is 2.65. The molecule has 114 valence electrons. The highest BCUT2D eigenvalue weighted by atomic mass is 32.1. The van der Waals surface area contributed by atoms with Crippen LogP contribution in [0.1, 0.15) is 4.88 Å². The van der Waals surface area contributed by atoms with Crippen molar-refractivity contribution in [3.05, 3.63) is 35.3 Å². The van der Waals surface area contributed by atoms with Gasteiger partial charge in [0.25, 0.3) is 6.01 Å². The first-order valence-electron chi connectivity index (χ1n) is 7.31. The Labute approximate surface area is 132 Å². The molecule has 1 aromatic carbocycles. The zero-order valence-electron chi connectivity index (χ0n) is 12.1. The lowest BCUT2D eigenvalue weighted by Gasteiger charge is -2.33. The molecule has 0 amide bonds. The molecule has 1 fully saturated rings. The Morgan fingerprint density at radius 3 is 2.73 bits per heavy atom. The van der Waals surface area contributed by atoms with Gasteiger partial charge in [0.15, 0.2) is 10.7 Å². The van der Waals surface area contributed by atoms with Crippen molar-refractivity contribution in [3.8, 4) is 0 Å². The molecule has 4 rings (SSSR count). The first-order valence-corrected chi connectivity index (χ1v) is 8.13. The third-order valence-corrected chi connectivity index (χ3v) is 4.69. The number of hydrogen-bond acceptors (Lipinski definition) is 7. The van der Waals surface area contributed by atoms with Gasteiger partial charge in [-0.25, -0.2) is 4.98 Å². The van der Waals surface area contributed by atoms with Crippen LogP contribution >= 0.6 is 11.3 Å². The average Bonchev–Trinajstić information content (AvgIpc) is 3.14. The molecule has 1 saturated heterocycles. The van der Waals surface area contributed by atoms with Crippen LogP contribution < -0.4 is 10.6 Å². The highest BCUT2D eigenvalue weighted by Crippen LogP contribution is 2.23. The van der Waals surface area contributed by atoms with E-state index >= 15 is 0 Å². The van der Waals surface area contributed by atoms with Crippen molar-refractivity contribution >= 4 is 33.6 Å². The third-order valence-electron chi connectivity index (χ3n) is 3.88. The molecule has 6 nitrogen and oxygen atoms in total. The van der Waals surface area contributed by atoms with E-state index in [2.05, 4.69) is 19.8 Å². The van der Waals surface area contributed by atoms with Gasteiger partial charge in [-0.2, -0.15) is 4.98 Å². The molecule has 0 unspecified atom stereocenters. The van der Waals surface area contributed by atoms with Crippen molar-refractivity contribution in [2.45, 2.75) is 6.54 Å². The molecule has 0 saturated carbocycles. The fourth-order valence-corrected chi connectivity index (χ4v) is 3.44. The topological polar surface area (TPSA) is 71.4 Å². The SMILES string of the molecule is Nc1ncc(CN2CCN(c3nc4ccccc4o3)CC2)s1. The quantitative estimate of drug-likeness (QED) is 0.799. The maximum atomic E-state index is 5.84. The summed E-state index contributed by atoms with van der Waals surface area (Å²) in [6.45, 7) is 4.71. The number of thiazole rings is 1. The van der Waals surface area contributed by atoms with Crippen molar-refractivity contribution in [1.82, 2.24) is 14.9 Å². The molecule has 3 aromatic rings. The second-order valence-electron chi connectivity index (χ2n) is 5.39. The van der Waals surface area contributed by atoms with Crippen molar-refractivity contribution in [2.24, 2.45) is 0 Å². The summed E-state index contributed by atoms with van der Waals surface area (Å²) in [5.41, 5.74) is 7.44. The summed E-state index contributed by atoms with van der Waals surface area (Å²) in [6.07, 6.45) is 1.87. The summed E-state index contributed by atoms with van der Waals surface area (Å²) in [6, 6.07) is 8.61. The molecule has 0 atom stereocenters. The number of oxazole rings is 1. The average molecular weight is 315 g/mol. The predicted octanol–water partition coefficient (Wildman–Crippen LogP) is 2.19. The van der Waals surface area contributed by atoms with Crippen LogP contribution in [-0.4, -0.2) is 41.0 Å². The molecule has 1 aliphatic rings. The number of aromatic nitrogens is 2. The van der Waals surface area contributed by atoms with Crippen LogP contribution in [0.4, 0.5) is 11.1 Å². The zero-order valence-corrected chi connectivity index (χ0v) is 12.9. The lowest BCUT2D eigenvalue weighted by atomic mass is 10.3. The maximum absolute atomic E-state index is 5.84. The molecule has 0 bridgehead atoms. The Balaban J connectivity index is 1.40. The van der Waals surface area contributed by atoms with Crippen molar-refractivity contribution < 1.29 is 4.42 Å². The van der Waals surface area contributed by atoms with Gasteiger partial charge in [0.05, 0.1) is 0 Å². The van der Waals surface area contributed by atoms with Crippen LogP contribution in [0, 0.1) is 0 Å². The molecular weight excluding hydrogens is 298 g/mol. The summed E-state index contributed by atoms with van der Waals surface area (Å²) >= 11 is 1.56. The number of anilines is 2. The zero-order chi connectivity index (χ0) is 14.9. The van der Waals surface area contributed by atoms with E-state index < -0.39 is 0 Å². The monoisotopic (exact) mass is 315 g/mol. The second-order valence-corrected chi connectivity index (χ2v) is 6.54. The van der Waals surface area contributed by atoms with Gasteiger partial charge in [0, 0.05) is 43.8 Å². The van der Waals surface area contributed by atoms with Gasteiger partial charge in [0.2, 0.25) is 0 Å². The van der Waals surface area contributed by atoms with Gasteiger partial charge in [-0.1, -0.05) is 12.1 Å².